The lowest BCUT2D eigenvalue weighted by atomic mass is 9.69. The topological polar surface area (TPSA) is 20.2 Å². The van der Waals surface area contributed by atoms with Crippen molar-refractivity contribution in [3.05, 3.63) is 0 Å². The highest BCUT2D eigenvalue weighted by Crippen LogP contribution is 2.39. The quantitative estimate of drug-likeness (QED) is 0.641. The Hall–Kier alpha value is -0.0400. The van der Waals surface area contributed by atoms with Crippen LogP contribution in [0.15, 0.2) is 0 Å². The van der Waals surface area contributed by atoms with E-state index in [2.05, 4.69) is 27.7 Å². The smallest absolute Gasteiger partial charge is 0.0673 e. The van der Waals surface area contributed by atoms with E-state index in [0.717, 1.165) is 18.8 Å². The Bertz CT molecular complexity index is 153. The third kappa shape index (κ3) is 1.82. The Morgan fingerprint density at radius 1 is 1.25 bits per heavy atom. The van der Waals surface area contributed by atoms with Crippen molar-refractivity contribution in [2.75, 3.05) is 0 Å². The fourth-order valence-electron chi connectivity index (χ4n) is 2.15. The maximum atomic E-state index is 10.2. The molecule has 0 aliphatic heterocycles. The molecule has 1 N–H and O–H groups in total. The predicted octanol–water partition coefficient (Wildman–Crippen LogP) is 2.83. The molecule has 0 aromatic carbocycles. The first kappa shape index (κ1) is 10.0. The van der Waals surface area contributed by atoms with Gasteiger partial charge >= 0.3 is 0 Å². The van der Waals surface area contributed by atoms with E-state index in [-0.39, 0.29) is 5.60 Å². The maximum Gasteiger partial charge on any atom is 0.0673 e. The van der Waals surface area contributed by atoms with Crippen LogP contribution in [0.25, 0.3) is 0 Å². The van der Waals surface area contributed by atoms with Crippen molar-refractivity contribution in [1.29, 1.82) is 0 Å². The highest BCUT2D eigenvalue weighted by Gasteiger charge is 2.37. The summed E-state index contributed by atoms with van der Waals surface area (Å²) in [5.74, 6) is 1.89. The maximum absolute atomic E-state index is 10.2. The Morgan fingerprint density at radius 3 is 2.25 bits per heavy atom. The summed E-state index contributed by atoms with van der Waals surface area (Å²) in [5.41, 5.74) is -0.369. The molecule has 72 valence electrons. The first-order chi connectivity index (χ1) is 5.46. The van der Waals surface area contributed by atoms with Gasteiger partial charge in [0.15, 0.2) is 0 Å². The third-order valence-electron chi connectivity index (χ3n) is 3.75. The first-order valence-corrected chi connectivity index (χ1v) is 5.18. The van der Waals surface area contributed by atoms with Gasteiger partial charge in [0.1, 0.15) is 0 Å². The summed E-state index contributed by atoms with van der Waals surface area (Å²) >= 11 is 0. The van der Waals surface area contributed by atoms with Crippen molar-refractivity contribution >= 4 is 0 Å². The zero-order valence-electron chi connectivity index (χ0n) is 8.80. The van der Waals surface area contributed by atoms with E-state index in [1.807, 2.05) is 0 Å². The number of rotatable bonds is 1. The summed E-state index contributed by atoms with van der Waals surface area (Å²) in [4.78, 5) is 0. The number of hydrogen-bond donors (Lipinski definition) is 1. The molecule has 1 nitrogen and oxygen atoms in total. The van der Waals surface area contributed by atoms with Gasteiger partial charge in [-0.15, -0.1) is 0 Å². The average Bonchev–Trinajstić information content (AvgIpc) is 1.97. The number of hydrogen-bond acceptors (Lipinski definition) is 1. The van der Waals surface area contributed by atoms with Crippen molar-refractivity contribution in [2.24, 2.45) is 17.8 Å². The van der Waals surface area contributed by atoms with Crippen LogP contribution in [0.5, 0.6) is 0 Å². The van der Waals surface area contributed by atoms with E-state index in [1.54, 1.807) is 0 Å². The Labute approximate surface area is 76.2 Å². The molecule has 0 bridgehead atoms. The lowest BCUT2D eigenvalue weighted by Gasteiger charge is -2.41. The normalized spacial score (nSPS) is 43.5. The zero-order chi connectivity index (χ0) is 9.35. The minimum absolute atomic E-state index is 0.369. The van der Waals surface area contributed by atoms with Crippen molar-refractivity contribution in [2.45, 2.75) is 52.6 Å². The SMILES string of the molecule is CC1CCC(O)(C(C)C)CC1C. The van der Waals surface area contributed by atoms with E-state index in [1.165, 1.54) is 6.42 Å². The molecule has 0 aromatic rings. The molecule has 0 radical (unpaired) electrons. The van der Waals surface area contributed by atoms with Crippen LogP contribution in [0, 0.1) is 17.8 Å². The second-order valence-corrected chi connectivity index (χ2v) is 4.96. The second-order valence-electron chi connectivity index (χ2n) is 4.96. The van der Waals surface area contributed by atoms with E-state index in [4.69, 9.17) is 0 Å². The fourth-order valence-corrected chi connectivity index (χ4v) is 2.15. The van der Waals surface area contributed by atoms with Gasteiger partial charge in [-0.05, 0) is 37.0 Å². The zero-order valence-corrected chi connectivity index (χ0v) is 8.80. The van der Waals surface area contributed by atoms with E-state index in [9.17, 15) is 5.11 Å². The first-order valence-electron chi connectivity index (χ1n) is 5.18. The Kier molecular flexibility index (Phi) is 2.82. The second kappa shape index (κ2) is 3.37. The van der Waals surface area contributed by atoms with E-state index >= 15 is 0 Å². The summed E-state index contributed by atoms with van der Waals surface area (Å²) in [5, 5.41) is 10.2. The highest BCUT2D eigenvalue weighted by atomic mass is 16.3. The van der Waals surface area contributed by atoms with Crippen molar-refractivity contribution in [3.63, 3.8) is 0 Å². The molecule has 0 saturated heterocycles. The fraction of sp³-hybridized carbons (Fsp3) is 1.00. The van der Waals surface area contributed by atoms with Gasteiger partial charge in [-0.1, -0.05) is 27.7 Å². The molecule has 1 aliphatic carbocycles. The molecule has 1 heteroatoms. The van der Waals surface area contributed by atoms with E-state index < -0.39 is 0 Å². The van der Waals surface area contributed by atoms with Crippen molar-refractivity contribution < 1.29 is 5.11 Å². The van der Waals surface area contributed by atoms with Crippen LogP contribution in [0.2, 0.25) is 0 Å². The minimum atomic E-state index is -0.369. The highest BCUT2D eigenvalue weighted by molar-refractivity contribution is 4.89. The van der Waals surface area contributed by atoms with Crippen LogP contribution in [0.3, 0.4) is 0 Å². The molecule has 3 atom stereocenters. The standard InChI is InChI=1S/C11H22O/c1-8(2)11(12)6-5-9(3)10(4)7-11/h8-10,12H,5-7H2,1-4H3. The third-order valence-corrected chi connectivity index (χ3v) is 3.75. The van der Waals surface area contributed by atoms with Crippen molar-refractivity contribution in [1.82, 2.24) is 0 Å². The number of aliphatic hydroxyl groups is 1. The van der Waals surface area contributed by atoms with Crippen LogP contribution < -0.4 is 0 Å². The molecule has 0 aromatic heterocycles. The molecule has 0 amide bonds. The van der Waals surface area contributed by atoms with Gasteiger partial charge in [0, 0.05) is 0 Å². The lowest BCUT2D eigenvalue weighted by molar-refractivity contribution is -0.0640. The summed E-state index contributed by atoms with van der Waals surface area (Å²) in [6, 6.07) is 0. The van der Waals surface area contributed by atoms with Gasteiger partial charge in [0.2, 0.25) is 0 Å². The minimum Gasteiger partial charge on any atom is -0.390 e. The largest absolute Gasteiger partial charge is 0.390 e. The molecular weight excluding hydrogens is 148 g/mol. The Morgan fingerprint density at radius 2 is 1.83 bits per heavy atom. The summed E-state index contributed by atoms with van der Waals surface area (Å²) in [6.07, 6.45) is 3.18. The van der Waals surface area contributed by atoms with Crippen LogP contribution in [0.4, 0.5) is 0 Å². The monoisotopic (exact) mass is 170 g/mol. The molecular formula is C11H22O. The van der Waals surface area contributed by atoms with Gasteiger partial charge in [0.25, 0.3) is 0 Å². The summed E-state index contributed by atoms with van der Waals surface area (Å²) in [7, 11) is 0. The molecule has 0 heterocycles. The molecule has 1 rings (SSSR count). The molecule has 1 aliphatic rings. The molecule has 12 heavy (non-hydrogen) atoms. The molecule has 1 fully saturated rings. The van der Waals surface area contributed by atoms with Gasteiger partial charge in [-0.25, -0.2) is 0 Å². The van der Waals surface area contributed by atoms with Gasteiger partial charge in [-0.2, -0.15) is 0 Å². The van der Waals surface area contributed by atoms with Gasteiger partial charge < -0.3 is 5.11 Å². The van der Waals surface area contributed by atoms with E-state index in [0.29, 0.717) is 11.8 Å². The summed E-state index contributed by atoms with van der Waals surface area (Å²) in [6.45, 7) is 8.81. The Balaban J connectivity index is 2.60. The van der Waals surface area contributed by atoms with Crippen LogP contribution >= 0.6 is 0 Å². The predicted molar refractivity (Wildman–Crippen MR) is 52.0 cm³/mol. The molecule has 3 unspecified atom stereocenters. The van der Waals surface area contributed by atoms with Gasteiger partial charge in [0.05, 0.1) is 5.60 Å². The van der Waals surface area contributed by atoms with Crippen molar-refractivity contribution in [3.8, 4) is 0 Å². The van der Waals surface area contributed by atoms with Gasteiger partial charge in [-0.3, -0.25) is 0 Å². The summed E-state index contributed by atoms with van der Waals surface area (Å²) < 4.78 is 0. The van der Waals surface area contributed by atoms with Crippen LogP contribution in [-0.4, -0.2) is 10.7 Å². The molecule has 0 spiro atoms. The molecule has 1 saturated carbocycles. The van der Waals surface area contributed by atoms with Crippen LogP contribution in [0.1, 0.15) is 47.0 Å². The average molecular weight is 170 g/mol. The lowest BCUT2D eigenvalue weighted by Crippen LogP contribution is -2.41. The van der Waals surface area contributed by atoms with Crippen LogP contribution in [-0.2, 0) is 0 Å².